The third kappa shape index (κ3) is 3.84. The van der Waals surface area contributed by atoms with Gasteiger partial charge in [0.05, 0.1) is 5.75 Å². The van der Waals surface area contributed by atoms with Gasteiger partial charge in [-0.1, -0.05) is 22.4 Å². The van der Waals surface area contributed by atoms with E-state index in [4.69, 9.17) is 0 Å². The fraction of sp³-hybridized carbons (Fsp3) is 0.588. The third-order valence-corrected chi connectivity index (χ3v) is 6.55. The third-order valence-electron chi connectivity index (χ3n) is 5.01. The van der Waals surface area contributed by atoms with Crippen LogP contribution in [0.4, 0.5) is 0 Å². The molecule has 0 spiro atoms. The molecule has 0 heterocycles. The molecular weight excluding hydrogens is 346 g/mol. The van der Waals surface area contributed by atoms with Crippen molar-refractivity contribution in [3.05, 3.63) is 28.7 Å². The first-order chi connectivity index (χ1) is 10.1. The molecule has 2 nitrogen and oxygen atoms in total. The average Bonchev–Trinajstić information content (AvgIpc) is 3.09. The zero-order valence-corrected chi connectivity index (χ0v) is 14.8. The van der Waals surface area contributed by atoms with Crippen LogP contribution in [0.2, 0.25) is 0 Å². The molecule has 114 valence electrons. The lowest BCUT2D eigenvalue weighted by Crippen LogP contribution is -2.40. The Labute approximate surface area is 139 Å². The van der Waals surface area contributed by atoms with Crippen LogP contribution in [0.1, 0.15) is 32.6 Å². The van der Waals surface area contributed by atoms with Gasteiger partial charge in [-0.25, -0.2) is 0 Å². The molecule has 1 amide bonds. The van der Waals surface area contributed by atoms with Crippen LogP contribution in [0.25, 0.3) is 0 Å². The Morgan fingerprint density at radius 3 is 2.71 bits per heavy atom. The first kappa shape index (κ1) is 15.4. The number of halogens is 1. The largest absolute Gasteiger partial charge is 0.353 e. The lowest BCUT2D eigenvalue weighted by atomic mass is 9.84. The maximum atomic E-state index is 12.1. The minimum Gasteiger partial charge on any atom is -0.353 e. The van der Waals surface area contributed by atoms with Gasteiger partial charge in [0.25, 0.3) is 0 Å². The summed E-state index contributed by atoms with van der Waals surface area (Å²) in [5.41, 5.74) is 0. The summed E-state index contributed by atoms with van der Waals surface area (Å²) in [7, 11) is 0. The standard InChI is InChI=1S/C17H22BrNOS/c1-11(16-9-12-2-3-13(16)8-12)19-17(20)10-21-15-6-4-14(18)5-7-15/h4-7,11-13,16H,2-3,8-10H2,1H3,(H,19,20). The number of rotatable bonds is 5. The van der Waals surface area contributed by atoms with E-state index in [0.29, 0.717) is 17.7 Å². The number of benzene rings is 1. The second kappa shape index (κ2) is 6.74. The Hall–Kier alpha value is -0.480. The number of hydrogen-bond donors (Lipinski definition) is 1. The highest BCUT2D eigenvalue weighted by molar-refractivity contribution is 9.10. The van der Waals surface area contributed by atoms with Crippen molar-refractivity contribution >= 4 is 33.6 Å². The van der Waals surface area contributed by atoms with Crippen LogP contribution < -0.4 is 5.32 Å². The molecule has 0 saturated heterocycles. The van der Waals surface area contributed by atoms with Crippen molar-refractivity contribution in [3.63, 3.8) is 0 Å². The Balaban J connectivity index is 1.44. The van der Waals surface area contributed by atoms with Gasteiger partial charge in [-0.15, -0.1) is 11.8 Å². The molecule has 4 atom stereocenters. The summed E-state index contributed by atoms with van der Waals surface area (Å²) < 4.78 is 1.07. The van der Waals surface area contributed by atoms with Gasteiger partial charge >= 0.3 is 0 Å². The van der Waals surface area contributed by atoms with Crippen LogP contribution in [0.3, 0.4) is 0 Å². The first-order valence-electron chi connectivity index (χ1n) is 7.79. The van der Waals surface area contributed by atoms with Crippen LogP contribution in [-0.2, 0) is 4.79 Å². The van der Waals surface area contributed by atoms with E-state index in [-0.39, 0.29) is 5.91 Å². The van der Waals surface area contributed by atoms with E-state index in [0.717, 1.165) is 21.2 Å². The molecule has 2 aliphatic rings. The molecule has 0 radical (unpaired) electrons. The van der Waals surface area contributed by atoms with Crippen LogP contribution in [0.5, 0.6) is 0 Å². The molecule has 2 fully saturated rings. The molecule has 1 aromatic rings. The van der Waals surface area contributed by atoms with Crippen LogP contribution >= 0.6 is 27.7 Å². The summed E-state index contributed by atoms with van der Waals surface area (Å²) in [6.45, 7) is 2.19. The zero-order chi connectivity index (χ0) is 14.8. The number of thioether (sulfide) groups is 1. The van der Waals surface area contributed by atoms with E-state index in [2.05, 4.69) is 28.2 Å². The van der Waals surface area contributed by atoms with Crippen molar-refractivity contribution < 1.29 is 4.79 Å². The van der Waals surface area contributed by atoms with Crippen LogP contribution in [-0.4, -0.2) is 17.7 Å². The quantitative estimate of drug-likeness (QED) is 0.777. The first-order valence-corrected chi connectivity index (χ1v) is 9.57. The van der Waals surface area contributed by atoms with Crippen molar-refractivity contribution in [2.75, 3.05) is 5.75 Å². The lowest BCUT2D eigenvalue weighted by Gasteiger charge is -2.28. The summed E-state index contributed by atoms with van der Waals surface area (Å²) in [4.78, 5) is 13.3. The average molecular weight is 368 g/mol. The molecule has 3 rings (SSSR count). The van der Waals surface area contributed by atoms with E-state index >= 15 is 0 Å². The van der Waals surface area contributed by atoms with Gasteiger partial charge in [0.2, 0.25) is 5.91 Å². The number of carbonyl (C=O) groups is 1. The monoisotopic (exact) mass is 367 g/mol. The highest BCUT2D eigenvalue weighted by Gasteiger charge is 2.42. The SMILES string of the molecule is CC(NC(=O)CSc1ccc(Br)cc1)C1CC2CCC1C2. The fourth-order valence-corrected chi connectivity index (χ4v) is 4.96. The van der Waals surface area contributed by atoms with E-state index in [9.17, 15) is 4.79 Å². The Kier molecular flexibility index (Phi) is 4.95. The summed E-state index contributed by atoms with van der Waals surface area (Å²) >= 11 is 5.03. The van der Waals surface area contributed by atoms with Crippen LogP contribution in [0, 0.1) is 17.8 Å². The maximum absolute atomic E-state index is 12.1. The summed E-state index contributed by atoms with van der Waals surface area (Å²) in [5.74, 6) is 3.19. The summed E-state index contributed by atoms with van der Waals surface area (Å²) in [6, 6.07) is 8.44. The Bertz CT molecular complexity index is 504. The summed E-state index contributed by atoms with van der Waals surface area (Å²) in [6.07, 6.45) is 5.52. The molecule has 4 unspecified atom stereocenters. The van der Waals surface area contributed by atoms with Gasteiger partial charge in [0.1, 0.15) is 0 Å². The van der Waals surface area contributed by atoms with Crippen molar-refractivity contribution in [3.8, 4) is 0 Å². The molecular formula is C17H22BrNOS. The molecule has 2 aliphatic carbocycles. The van der Waals surface area contributed by atoms with Gasteiger partial charge in [-0.2, -0.15) is 0 Å². The van der Waals surface area contributed by atoms with E-state index in [1.54, 1.807) is 11.8 Å². The Morgan fingerprint density at radius 2 is 2.10 bits per heavy atom. The van der Waals surface area contributed by atoms with Crippen molar-refractivity contribution in [2.45, 2.75) is 43.5 Å². The number of nitrogens with one attached hydrogen (secondary N) is 1. The minimum atomic E-state index is 0.165. The molecule has 4 heteroatoms. The number of carbonyl (C=O) groups excluding carboxylic acids is 1. The zero-order valence-electron chi connectivity index (χ0n) is 12.3. The minimum absolute atomic E-state index is 0.165. The molecule has 21 heavy (non-hydrogen) atoms. The van der Waals surface area contributed by atoms with E-state index in [1.807, 2.05) is 24.3 Å². The Morgan fingerprint density at radius 1 is 1.33 bits per heavy atom. The molecule has 0 aromatic heterocycles. The fourth-order valence-electron chi connectivity index (χ4n) is 3.99. The smallest absolute Gasteiger partial charge is 0.230 e. The second-order valence-corrected chi connectivity index (χ2v) is 8.40. The van der Waals surface area contributed by atoms with Gasteiger partial charge in [-0.3, -0.25) is 4.79 Å². The molecule has 2 saturated carbocycles. The molecule has 0 aliphatic heterocycles. The highest BCUT2D eigenvalue weighted by Crippen LogP contribution is 2.49. The number of hydrogen-bond acceptors (Lipinski definition) is 2. The van der Waals surface area contributed by atoms with Crippen LogP contribution in [0.15, 0.2) is 33.6 Å². The number of amides is 1. The van der Waals surface area contributed by atoms with Gasteiger partial charge in [-0.05, 0) is 68.2 Å². The van der Waals surface area contributed by atoms with Crippen molar-refractivity contribution in [1.29, 1.82) is 0 Å². The second-order valence-electron chi connectivity index (χ2n) is 6.44. The van der Waals surface area contributed by atoms with Crippen molar-refractivity contribution in [2.24, 2.45) is 17.8 Å². The molecule has 1 aromatic carbocycles. The normalized spacial score (nSPS) is 28.6. The number of fused-ring (bicyclic) bond motifs is 2. The topological polar surface area (TPSA) is 29.1 Å². The highest BCUT2D eigenvalue weighted by atomic mass is 79.9. The van der Waals surface area contributed by atoms with E-state index < -0.39 is 0 Å². The summed E-state index contributed by atoms with van der Waals surface area (Å²) in [5, 5.41) is 3.22. The predicted molar refractivity (Wildman–Crippen MR) is 91.4 cm³/mol. The molecule has 1 N–H and O–H groups in total. The lowest BCUT2D eigenvalue weighted by molar-refractivity contribution is -0.119. The maximum Gasteiger partial charge on any atom is 0.230 e. The van der Waals surface area contributed by atoms with Gasteiger partial charge in [0.15, 0.2) is 0 Å². The van der Waals surface area contributed by atoms with Gasteiger partial charge < -0.3 is 5.32 Å². The van der Waals surface area contributed by atoms with Crippen molar-refractivity contribution in [1.82, 2.24) is 5.32 Å². The van der Waals surface area contributed by atoms with E-state index in [1.165, 1.54) is 25.7 Å². The predicted octanol–water partition coefficient (Wildman–Crippen LogP) is 4.48. The van der Waals surface area contributed by atoms with Gasteiger partial charge in [0, 0.05) is 15.4 Å². The molecule has 2 bridgehead atoms.